The van der Waals surface area contributed by atoms with Crippen molar-refractivity contribution in [1.29, 1.82) is 0 Å². The molecule has 260 valence electrons. The van der Waals surface area contributed by atoms with Gasteiger partial charge in [-0.25, -0.2) is 9.97 Å². The van der Waals surface area contributed by atoms with Crippen molar-refractivity contribution < 1.29 is 4.74 Å². The van der Waals surface area contributed by atoms with Crippen molar-refractivity contribution in [1.82, 2.24) is 29.7 Å². The van der Waals surface area contributed by atoms with Gasteiger partial charge < -0.3 is 25.2 Å². The predicted molar refractivity (Wildman–Crippen MR) is 208 cm³/mol. The van der Waals surface area contributed by atoms with Crippen molar-refractivity contribution in [2.24, 2.45) is 0 Å². The van der Waals surface area contributed by atoms with Crippen LogP contribution in [0, 0.1) is 13.8 Å². The van der Waals surface area contributed by atoms with Gasteiger partial charge in [-0.15, -0.1) is 0 Å². The van der Waals surface area contributed by atoms with Gasteiger partial charge in [-0.3, -0.25) is 9.88 Å². The molecule has 2 saturated heterocycles. The molecule has 0 bridgehead atoms. The van der Waals surface area contributed by atoms with Crippen molar-refractivity contribution in [3.05, 3.63) is 64.1 Å². The van der Waals surface area contributed by atoms with Crippen LogP contribution in [0.2, 0.25) is 0 Å². The molecule has 0 radical (unpaired) electrons. The van der Waals surface area contributed by atoms with Crippen LogP contribution in [0.3, 0.4) is 0 Å². The number of piperazine rings is 1. The number of likely N-dealkylation sites (N-methyl/N-ethyl adjacent to an activating group) is 1. The third-order valence-corrected chi connectivity index (χ3v) is 11.8. The summed E-state index contributed by atoms with van der Waals surface area (Å²) in [6.07, 6.45) is 6.94. The number of aromatic nitrogens is 4. The minimum Gasteiger partial charge on any atom is -0.494 e. The van der Waals surface area contributed by atoms with Crippen LogP contribution in [-0.4, -0.2) is 103 Å². The zero-order valence-electron chi connectivity index (χ0n) is 29.8. The number of piperidine rings is 1. The fraction of sp³-hybridized carbons (Fsp3) is 0.459. The molecular formula is C37H49BrN9OP. The number of nitrogens with zero attached hydrogens (tertiary/aromatic N) is 7. The second-order valence-electron chi connectivity index (χ2n) is 13.3. The first-order valence-electron chi connectivity index (χ1n) is 17.2. The smallest absolute Gasteiger partial charge is 0.229 e. The van der Waals surface area contributed by atoms with Gasteiger partial charge in [-0.2, -0.15) is 4.98 Å². The number of anilines is 5. The fourth-order valence-corrected chi connectivity index (χ4v) is 8.03. The van der Waals surface area contributed by atoms with Crippen LogP contribution < -0.4 is 25.6 Å². The summed E-state index contributed by atoms with van der Waals surface area (Å²) in [7, 11) is 3.53. The highest BCUT2D eigenvalue weighted by Gasteiger charge is 2.28. The van der Waals surface area contributed by atoms with Crippen molar-refractivity contribution in [2.45, 2.75) is 46.1 Å². The van der Waals surface area contributed by atoms with Crippen molar-refractivity contribution in [3.8, 4) is 17.0 Å². The summed E-state index contributed by atoms with van der Waals surface area (Å²) < 4.78 is 6.72. The maximum Gasteiger partial charge on any atom is 0.229 e. The first-order valence-corrected chi connectivity index (χ1v) is 20.2. The molecule has 10 nitrogen and oxygen atoms in total. The zero-order chi connectivity index (χ0) is 34.7. The number of halogens is 1. The largest absolute Gasteiger partial charge is 0.494 e. The molecule has 0 atom stereocenters. The van der Waals surface area contributed by atoms with Gasteiger partial charge in [-0.05, 0) is 98.5 Å². The number of hydrogen-bond acceptors (Lipinski definition) is 10. The van der Waals surface area contributed by atoms with Gasteiger partial charge in [0, 0.05) is 74.5 Å². The van der Waals surface area contributed by atoms with Gasteiger partial charge in [0.05, 0.1) is 40.5 Å². The molecule has 2 aromatic carbocycles. The summed E-state index contributed by atoms with van der Waals surface area (Å²) >= 11 is 3.67. The molecule has 2 aromatic heterocycles. The molecule has 0 amide bonds. The number of aryl methyl sites for hydroxylation is 3. The summed E-state index contributed by atoms with van der Waals surface area (Å²) in [6.45, 7) is 17.5. The quantitative estimate of drug-likeness (QED) is 0.166. The Balaban J connectivity index is 1.20. The van der Waals surface area contributed by atoms with E-state index in [0.717, 1.165) is 63.8 Å². The summed E-state index contributed by atoms with van der Waals surface area (Å²) in [5.74, 6) is 1.96. The SMILES string of the molecule is CCc1cc(Nc2ncc(Br)c(Nc3ccc(-c4cnc(C)c(C)n4)cc3P(C)C)n2)c(OC)cc1N1CCC(N2CCN(C)CC2)CC1. The Hall–Kier alpha value is -3.37. The summed E-state index contributed by atoms with van der Waals surface area (Å²) in [5, 5.41) is 8.27. The van der Waals surface area contributed by atoms with E-state index in [4.69, 9.17) is 14.7 Å². The van der Waals surface area contributed by atoms with Crippen LogP contribution in [0.4, 0.5) is 28.8 Å². The second-order valence-corrected chi connectivity index (χ2v) is 16.4. The average Bonchev–Trinajstić information content (AvgIpc) is 3.11. The summed E-state index contributed by atoms with van der Waals surface area (Å²) in [6, 6.07) is 11.5. The van der Waals surface area contributed by atoms with E-state index < -0.39 is 7.92 Å². The highest BCUT2D eigenvalue weighted by molar-refractivity contribution is 9.10. The van der Waals surface area contributed by atoms with E-state index in [1.54, 1.807) is 13.3 Å². The van der Waals surface area contributed by atoms with Crippen molar-refractivity contribution >= 4 is 58.0 Å². The number of hydrogen-bond donors (Lipinski definition) is 2. The lowest BCUT2D eigenvalue weighted by Gasteiger charge is -2.43. The van der Waals surface area contributed by atoms with Crippen LogP contribution in [0.5, 0.6) is 5.75 Å². The standard InChI is InChI=1S/C37H49BrN9OP/c1-8-26-19-31(34(48-5)21-33(26)47-13-11-28(12-14-47)46-17-15-45(4)16-18-46)43-37-40-22-29(38)36(44-37)42-30-10-9-27(20-35(30)49(6)7)32-23-39-24(2)25(3)41-32/h9-10,19-23,28H,8,11-18H2,1-7H3,(H2,40,42,43,44). The van der Waals surface area contributed by atoms with E-state index in [0.29, 0.717) is 17.8 Å². The lowest BCUT2D eigenvalue weighted by molar-refractivity contribution is 0.0982. The molecule has 0 aliphatic carbocycles. The van der Waals surface area contributed by atoms with E-state index >= 15 is 0 Å². The Labute approximate surface area is 301 Å². The average molecular weight is 747 g/mol. The topological polar surface area (TPSA) is 94.6 Å². The van der Waals surface area contributed by atoms with Gasteiger partial charge in [0.25, 0.3) is 0 Å². The minimum atomic E-state index is -0.429. The van der Waals surface area contributed by atoms with E-state index in [9.17, 15) is 0 Å². The van der Waals surface area contributed by atoms with E-state index in [1.807, 2.05) is 20.0 Å². The van der Waals surface area contributed by atoms with Crippen molar-refractivity contribution in [2.75, 3.05) is 82.3 Å². The van der Waals surface area contributed by atoms with Crippen LogP contribution in [0.1, 0.15) is 36.7 Å². The number of nitrogens with one attached hydrogen (secondary N) is 2. The molecule has 0 unspecified atom stereocenters. The molecule has 2 aliphatic rings. The molecule has 2 N–H and O–H groups in total. The van der Waals surface area contributed by atoms with E-state index in [1.165, 1.54) is 55.6 Å². The molecule has 0 spiro atoms. The molecular weight excluding hydrogens is 697 g/mol. The number of methoxy groups -OCH3 is 1. The first-order chi connectivity index (χ1) is 23.6. The van der Waals surface area contributed by atoms with Crippen LogP contribution in [-0.2, 0) is 6.42 Å². The Morgan fingerprint density at radius 1 is 0.898 bits per heavy atom. The van der Waals surface area contributed by atoms with E-state index in [2.05, 4.69) is 109 Å². The molecule has 12 heteroatoms. The highest BCUT2D eigenvalue weighted by atomic mass is 79.9. The Bertz CT molecular complexity index is 1770. The maximum absolute atomic E-state index is 5.94. The molecule has 4 aromatic rings. The lowest BCUT2D eigenvalue weighted by Crippen LogP contribution is -2.52. The normalized spacial score (nSPS) is 16.3. The van der Waals surface area contributed by atoms with Gasteiger partial charge in [0.2, 0.25) is 5.95 Å². The Kier molecular flexibility index (Phi) is 11.3. The minimum absolute atomic E-state index is 0.429. The van der Waals surface area contributed by atoms with Gasteiger partial charge in [0.1, 0.15) is 11.6 Å². The molecule has 2 fully saturated rings. The monoisotopic (exact) mass is 745 g/mol. The molecule has 4 heterocycles. The van der Waals surface area contributed by atoms with E-state index in [-0.39, 0.29) is 0 Å². The van der Waals surface area contributed by atoms with Crippen LogP contribution >= 0.6 is 23.9 Å². The number of ether oxygens (including phenoxy) is 1. The van der Waals surface area contributed by atoms with Crippen LogP contribution in [0.15, 0.2) is 47.2 Å². The number of rotatable bonds is 10. The molecule has 6 rings (SSSR count). The molecule has 0 saturated carbocycles. The first kappa shape index (κ1) is 35.5. The fourth-order valence-electron chi connectivity index (χ4n) is 6.73. The second kappa shape index (κ2) is 15.7. The molecule has 2 aliphatic heterocycles. The van der Waals surface area contributed by atoms with Crippen molar-refractivity contribution in [3.63, 3.8) is 0 Å². The highest BCUT2D eigenvalue weighted by Crippen LogP contribution is 2.38. The van der Waals surface area contributed by atoms with Gasteiger partial charge >= 0.3 is 0 Å². The Morgan fingerprint density at radius 3 is 2.33 bits per heavy atom. The van der Waals surface area contributed by atoms with Gasteiger partial charge in [0.15, 0.2) is 0 Å². The third-order valence-electron chi connectivity index (χ3n) is 9.85. The summed E-state index contributed by atoms with van der Waals surface area (Å²) in [4.78, 5) is 26.5. The predicted octanol–water partition coefficient (Wildman–Crippen LogP) is 6.95. The van der Waals surface area contributed by atoms with Crippen LogP contribution in [0.25, 0.3) is 11.3 Å². The summed E-state index contributed by atoms with van der Waals surface area (Å²) in [5.41, 5.74) is 8.24. The lowest BCUT2D eigenvalue weighted by atomic mass is 9.99. The zero-order valence-corrected chi connectivity index (χ0v) is 32.3. The maximum atomic E-state index is 5.94. The Morgan fingerprint density at radius 2 is 1.65 bits per heavy atom. The third kappa shape index (κ3) is 8.17. The number of benzene rings is 2. The van der Waals surface area contributed by atoms with Gasteiger partial charge in [-0.1, -0.05) is 20.9 Å². The molecule has 49 heavy (non-hydrogen) atoms.